The number of hydrogen-bond donors (Lipinski definition) is 1. The number of aromatic nitrogens is 1. The van der Waals surface area contributed by atoms with Gasteiger partial charge in [-0.15, -0.1) is 11.3 Å². The Morgan fingerprint density at radius 1 is 1.40 bits per heavy atom. The van der Waals surface area contributed by atoms with Crippen LogP contribution >= 0.6 is 11.3 Å². The highest BCUT2D eigenvalue weighted by atomic mass is 32.1. The number of nitrogens with zero attached hydrogens (tertiary/aromatic N) is 2. The van der Waals surface area contributed by atoms with Gasteiger partial charge in [0.15, 0.2) is 5.13 Å². The van der Waals surface area contributed by atoms with Gasteiger partial charge < -0.3 is 10.2 Å². The van der Waals surface area contributed by atoms with Crippen LogP contribution in [-0.2, 0) is 0 Å². The third kappa shape index (κ3) is 3.17. The van der Waals surface area contributed by atoms with Gasteiger partial charge >= 0.3 is 0 Å². The van der Waals surface area contributed by atoms with Crippen LogP contribution in [0.15, 0.2) is 0 Å². The molecule has 4 atom stereocenters. The van der Waals surface area contributed by atoms with Crippen molar-refractivity contribution in [2.45, 2.75) is 60.0 Å². The molecule has 0 bridgehead atoms. The second-order valence-corrected chi connectivity index (χ2v) is 7.45. The summed E-state index contributed by atoms with van der Waals surface area (Å²) in [4.78, 5) is 8.78. The van der Waals surface area contributed by atoms with Crippen LogP contribution in [-0.4, -0.2) is 24.1 Å². The molecule has 20 heavy (non-hydrogen) atoms. The van der Waals surface area contributed by atoms with Crippen LogP contribution in [0.3, 0.4) is 0 Å². The molecule has 114 valence electrons. The summed E-state index contributed by atoms with van der Waals surface area (Å²) in [6, 6.07) is 1.00. The third-order valence-corrected chi connectivity index (χ3v) is 5.95. The standard InChI is InChI=1S/C16H29N3S/c1-7-17-12(4)15-13(5)18-16(20-15)19-9-10(2)8-11(3)14(19)6/h10-12,14,17H,7-9H2,1-6H3. The highest BCUT2D eigenvalue weighted by Gasteiger charge is 2.31. The van der Waals surface area contributed by atoms with Crippen molar-refractivity contribution >= 4 is 16.5 Å². The Kier molecular flexibility index (Phi) is 5.08. The zero-order chi connectivity index (χ0) is 14.9. The summed E-state index contributed by atoms with van der Waals surface area (Å²) in [6.45, 7) is 15.8. The van der Waals surface area contributed by atoms with Crippen LogP contribution in [0.4, 0.5) is 5.13 Å². The second-order valence-electron chi connectivity index (χ2n) is 6.44. The Labute approximate surface area is 127 Å². The van der Waals surface area contributed by atoms with Gasteiger partial charge in [-0.25, -0.2) is 4.98 Å². The Balaban J connectivity index is 2.22. The van der Waals surface area contributed by atoms with E-state index >= 15 is 0 Å². The molecule has 0 aliphatic carbocycles. The van der Waals surface area contributed by atoms with Gasteiger partial charge in [-0.05, 0) is 45.6 Å². The lowest BCUT2D eigenvalue weighted by Gasteiger charge is -2.41. The zero-order valence-electron chi connectivity index (χ0n) is 13.7. The van der Waals surface area contributed by atoms with Gasteiger partial charge in [0.1, 0.15) is 0 Å². The molecule has 1 aromatic heterocycles. The van der Waals surface area contributed by atoms with Crippen molar-refractivity contribution in [1.82, 2.24) is 10.3 Å². The number of anilines is 1. The molecule has 0 amide bonds. The van der Waals surface area contributed by atoms with Gasteiger partial charge in [-0.2, -0.15) is 0 Å². The van der Waals surface area contributed by atoms with E-state index in [-0.39, 0.29) is 0 Å². The van der Waals surface area contributed by atoms with Crippen molar-refractivity contribution in [1.29, 1.82) is 0 Å². The first-order valence-corrected chi connectivity index (χ1v) is 8.73. The van der Waals surface area contributed by atoms with E-state index in [9.17, 15) is 0 Å². The topological polar surface area (TPSA) is 28.2 Å². The molecular formula is C16H29N3S. The number of piperidine rings is 1. The Morgan fingerprint density at radius 2 is 2.10 bits per heavy atom. The van der Waals surface area contributed by atoms with Crippen LogP contribution in [0.5, 0.6) is 0 Å². The van der Waals surface area contributed by atoms with Gasteiger partial charge in [0, 0.05) is 23.5 Å². The molecule has 1 fully saturated rings. The lowest BCUT2D eigenvalue weighted by Crippen LogP contribution is -2.45. The average Bonchev–Trinajstić information content (AvgIpc) is 2.76. The smallest absolute Gasteiger partial charge is 0.186 e. The zero-order valence-corrected chi connectivity index (χ0v) is 14.5. The third-order valence-electron chi connectivity index (χ3n) is 4.57. The molecule has 4 heteroatoms. The van der Waals surface area contributed by atoms with Crippen molar-refractivity contribution in [3.05, 3.63) is 10.6 Å². The molecule has 0 saturated carbocycles. The molecule has 1 aliphatic heterocycles. The number of nitrogens with one attached hydrogen (secondary N) is 1. The van der Waals surface area contributed by atoms with Crippen molar-refractivity contribution in [3.63, 3.8) is 0 Å². The maximum absolute atomic E-state index is 4.86. The molecule has 2 heterocycles. The van der Waals surface area contributed by atoms with Crippen LogP contribution in [0.2, 0.25) is 0 Å². The number of hydrogen-bond acceptors (Lipinski definition) is 4. The Morgan fingerprint density at radius 3 is 2.75 bits per heavy atom. The molecule has 0 spiro atoms. The van der Waals surface area contributed by atoms with E-state index in [2.05, 4.69) is 51.8 Å². The molecule has 4 unspecified atom stereocenters. The highest BCUT2D eigenvalue weighted by molar-refractivity contribution is 7.15. The largest absolute Gasteiger partial charge is 0.345 e. The Hall–Kier alpha value is -0.610. The van der Waals surface area contributed by atoms with Gasteiger partial charge in [0.05, 0.1) is 5.69 Å². The molecule has 3 nitrogen and oxygen atoms in total. The quantitative estimate of drug-likeness (QED) is 0.910. The van der Waals surface area contributed by atoms with Crippen LogP contribution in [0.25, 0.3) is 0 Å². The van der Waals surface area contributed by atoms with Gasteiger partial charge in [0.2, 0.25) is 0 Å². The molecule has 2 rings (SSSR count). The van der Waals surface area contributed by atoms with Crippen LogP contribution in [0, 0.1) is 18.8 Å². The highest BCUT2D eigenvalue weighted by Crippen LogP contribution is 2.36. The minimum atomic E-state index is 0.404. The average molecular weight is 295 g/mol. The molecule has 1 aromatic rings. The van der Waals surface area contributed by atoms with Crippen molar-refractivity contribution < 1.29 is 0 Å². The van der Waals surface area contributed by atoms with Gasteiger partial charge in [-0.3, -0.25) is 0 Å². The minimum absolute atomic E-state index is 0.404. The molecule has 0 aromatic carbocycles. The molecular weight excluding hydrogens is 266 g/mol. The number of rotatable bonds is 4. The predicted octanol–water partition coefficient (Wildman–Crippen LogP) is 3.99. The Bertz CT molecular complexity index is 443. The number of thiazole rings is 1. The fourth-order valence-electron chi connectivity index (χ4n) is 3.28. The minimum Gasteiger partial charge on any atom is -0.345 e. The first kappa shape index (κ1) is 15.8. The van der Waals surface area contributed by atoms with E-state index < -0.39 is 0 Å². The van der Waals surface area contributed by atoms with Gasteiger partial charge in [-0.1, -0.05) is 20.8 Å². The fourth-order valence-corrected chi connectivity index (χ4v) is 4.48. The maximum atomic E-state index is 4.86. The summed E-state index contributed by atoms with van der Waals surface area (Å²) in [5.41, 5.74) is 1.19. The van der Waals surface area contributed by atoms with Crippen molar-refractivity contribution in [3.8, 4) is 0 Å². The molecule has 1 N–H and O–H groups in total. The predicted molar refractivity (Wildman–Crippen MR) is 88.7 cm³/mol. The fraction of sp³-hybridized carbons (Fsp3) is 0.812. The summed E-state index contributed by atoms with van der Waals surface area (Å²) < 4.78 is 0. The van der Waals surface area contributed by atoms with Crippen LogP contribution in [0.1, 0.15) is 57.7 Å². The van der Waals surface area contributed by atoms with E-state index in [4.69, 9.17) is 4.98 Å². The number of aryl methyl sites for hydroxylation is 1. The first-order valence-electron chi connectivity index (χ1n) is 7.91. The lowest BCUT2D eigenvalue weighted by atomic mass is 9.86. The van der Waals surface area contributed by atoms with Gasteiger partial charge in [0.25, 0.3) is 0 Å². The van der Waals surface area contributed by atoms with E-state index in [1.54, 1.807) is 0 Å². The van der Waals surface area contributed by atoms with E-state index in [1.165, 1.54) is 22.1 Å². The second kappa shape index (κ2) is 6.44. The first-order chi connectivity index (χ1) is 9.43. The summed E-state index contributed by atoms with van der Waals surface area (Å²) >= 11 is 1.87. The van der Waals surface area contributed by atoms with E-state index in [0.717, 1.165) is 24.9 Å². The lowest BCUT2D eigenvalue weighted by molar-refractivity contribution is 0.297. The van der Waals surface area contributed by atoms with E-state index in [0.29, 0.717) is 12.1 Å². The normalized spacial score (nSPS) is 28.7. The summed E-state index contributed by atoms with van der Waals surface area (Å²) in [5.74, 6) is 1.51. The summed E-state index contributed by atoms with van der Waals surface area (Å²) in [7, 11) is 0. The summed E-state index contributed by atoms with van der Waals surface area (Å²) in [6.07, 6.45) is 1.34. The molecule has 0 radical (unpaired) electrons. The monoisotopic (exact) mass is 295 g/mol. The van der Waals surface area contributed by atoms with Crippen molar-refractivity contribution in [2.75, 3.05) is 18.0 Å². The van der Waals surface area contributed by atoms with Crippen LogP contribution < -0.4 is 10.2 Å². The summed E-state index contributed by atoms with van der Waals surface area (Å²) in [5, 5.41) is 4.72. The maximum Gasteiger partial charge on any atom is 0.186 e. The van der Waals surface area contributed by atoms with Crippen molar-refractivity contribution in [2.24, 2.45) is 11.8 Å². The van der Waals surface area contributed by atoms with E-state index in [1.807, 2.05) is 11.3 Å². The molecule has 1 saturated heterocycles. The SMILES string of the molecule is CCNC(C)c1sc(N2CC(C)CC(C)C2C)nc1C. The molecule has 1 aliphatic rings.